The predicted molar refractivity (Wildman–Crippen MR) is 135 cm³/mol. The molecule has 6 N–H and O–H groups in total. The van der Waals surface area contributed by atoms with Crippen molar-refractivity contribution in [1.82, 2.24) is 29.5 Å². The van der Waals surface area contributed by atoms with E-state index in [1.54, 1.807) is 4.72 Å². The van der Waals surface area contributed by atoms with Gasteiger partial charge in [0.05, 0.1) is 37.2 Å². The fourth-order valence-electron chi connectivity index (χ4n) is 2.53. The summed E-state index contributed by atoms with van der Waals surface area (Å²) in [7, 11) is -0.667. The summed E-state index contributed by atoms with van der Waals surface area (Å²) in [5.41, 5.74) is 4.29. The number of aromatic carboxylic acids is 2. The van der Waals surface area contributed by atoms with Gasteiger partial charge < -0.3 is 25.4 Å². The van der Waals surface area contributed by atoms with E-state index < -0.39 is 44.3 Å². The Morgan fingerprint density at radius 1 is 1.00 bits per heavy atom. The zero-order chi connectivity index (χ0) is 29.7. The second-order valence-corrected chi connectivity index (χ2v) is 9.44. The Hall–Kier alpha value is -4.13. The number of nitrogen functional groups attached to an aromatic ring is 1. The molecule has 0 unspecified atom stereocenters. The number of carboxylic acid groups (broad SMARTS) is 2. The van der Waals surface area contributed by atoms with Crippen LogP contribution in [0.5, 0.6) is 11.8 Å². The molecule has 3 heterocycles. The number of nitrogens with zero attached hydrogens (tertiary/aromatic N) is 5. The van der Waals surface area contributed by atoms with Crippen LogP contribution in [0, 0.1) is 0 Å². The summed E-state index contributed by atoms with van der Waals surface area (Å²) in [6.07, 6.45) is 0.852. The van der Waals surface area contributed by atoms with Crippen LogP contribution in [0.2, 0.25) is 15.2 Å². The van der Waals surface area contributed by atoms with Gasteiger partial charge in [0.15, 0.2) is 15.9 Å². The number of anilines is 2. The maximum atomic E-state index is 12.3. The maximum Gasteiger partial charge on any atom is 0.356 e. The van der Waals surface area contributed by atoms with E-state index in [4.69, 9.17) is 60.2 Å². The molecule has 17 nitrogen and oxygen atoms in total. The molecule has 0 fully saturated rings. The lowest BCUT2D eigenvalue weighted by Gasteiger charge is -2.10. The van der Waals surface area contributed by atoms with Crippen LogP contribution in [-0.2, 0) is 17.1 Å². The Labute approximate surface area is 233 Å². The molecule has 0 aliphatic carbocycles. The first-order valence-corrected chi connectivity index (χ1v) is 12.3. The van der Waals surface area contributed by atoms with Crippen molar-refractivity contribution < 1.29 is 42.5 Å². The number of rotatable bonds is 7. The van der Waals surface area contributed by atoms with Gasteiger partial charge in [-0.3, -0.25) is 10.00 Å². The first-order chi connectivity index (χ1) is 18.1. The number of urea groups is 1. The van der Waals surface area contributed by atoms with Crippen LogP contribution in [0.3, 0.4) is 0 Å². The second-order valence-electron chi connectivity index (χ2n) is 6.73. The normalized spacial score (nSPS) is 10.6. The van der Waals surface area contributed by atoms with E-state index in [1.165, 1.54) is 27.3 Å². The van der Waals surface area contributed by atoms with E-state index in [0.717, 1.165) is 10.9 Å². The summed E-state index contributed by atoms with van der Waals surface area (Å²) >= 11 is 16.6. The van der Waals surface area contributed by atoms with Crippen molar-refractivity contribution in [2.24, 2.45) is 7.05 Å². The van der Waals surface area contributed by atoms with Crippen LogP contribution in [-0.4, -0.2) is 75.6 Å². The molecular weight excluding hydrogens is 611 g/mol. The molecule has 0 atom stereocenters. The van der Waals surface area contributed by atoms with Gasteiger partial charge in [0.1, 0.15) is 10.6 Å². The minimum Gasteiger partial charge on any atom is -0.481 e. The van der Waals surface area contributed by atoms with Crippen molar-refractivity contribution in [3.05, 3.63) is 38.7 Å². The van der Waals surface area contributed by atoms with Crippen molar-refractivity contribution in [1.29, 1.82) is 0 Å². The molecule has 210 valence electrons. The number of methoxy groups -OCH3 is 2. The molecule has 0 saturated heterocycles. The Bertz CT molecular complexity index is 1530. The number of halogens is 3. The van der Waals surface area contributed by atoms with Crippen molar-refractivity contribution in [2.75, 3.05) is 25.3 Å². The summed E-state index contributed by atoms with van der Waals surface area (Å²) in [6.45, 7) is 0. The van der Waals surface area contributed by atoms with Gasteiger partial charge in [-0.2, -0.15) is 23.5 Å². The van der Waals surface area contributed by atoms with E-state index in [-0.39, 0.29) is 38.6 Å². The number of amides is 2. The minimum absolute atomic E-state index is 0.0448. The number of carboxylic acids is 2. The number of hydrogen-bond acceptors (Lipinski definition) is 12. The highest BCUT2D eigenvalue weighted by atomic mass is 35.5. The molecule has 39 heavy (non-hydrogen) atoms. The third-order valence-corrected chi connectivity index (χ3v) is 6.78. The lowest BCUT2D eigenvalue weighted by molar-refractivity contribution is 0.0681. The first kappa shape index (κ1) is 31.1. The topological polar surface area (TPSA) is 251 Å². The van der Waals surface area contributed by atoms with E-state index in [0.29, 0.717) is 0 Å². The number of aryl methyl sites for hydroxylation is 1. The molecule has 3 rings (SSSR count). The van der Waals surface area contributed by atoms with Crippen molar-refractivity contribution in [3.63, 3.8) is 0 Å². The van der Waals surface area contributed by atoms with Gasteiger partial charge in [-0.05, 0) is 0 Å². The quantitative estimate of drug-likeness (QED) is 0.234. The fourth-order valence-corrected chi connectivity index (χ4v) is 4.34. The Kier molecular flexibility index (Phi) is 10.1. The number of ether oxygens (including phenoxy) is 2. The highest BCUT2D eigenvalue weighted by Crippen LogP contribution is 2.34. The minimum atomic E-state index is -4.53. The van der Waals surface area contributed by atoms with E-state index in [2.05, 4.69) is 25.4 Å². The molecule has 3 aromatic rings. The lowest BCUT2D eigenvalue weighted by atomic mass is 10.3. The molecule has 0 aliphatic heterocycles. The number of hydrogen-bond donors (Lipinski definition) is 5. The zero-order valence-corrected chi connectivity index (χ0v) is 22.8. The number of carbonyl (C=O) groups is 3. The van der Waals surface area contributed by atoms with Gasteiger partial charge in [-0.1, -0.05) is 34.8 Å². The third kappa shape index (κ3) is 7.47. The van der Waals surface area contributed by atoms with Gasteiger partial charge in [-0.25, -0.2) is 24.1 Å². The summed E-state index contributed by atoms with van der Waals surface area (Å²) in [4.78, 5) is 44.7. The molecule has 0 radical (unpaired) electrons. The fraction of sp³-hybridized carbons (Fsp3) is 0.167. The van der Waals surface area contributed by atoms with Crippen LogP contribution in [0.15, 0.2) is 17.3 Å². The Morgan fingerprint density at radius 3 is 2.05 bits per heavy atom. The van der Waals surface area contributed by atoms with Crippen LogP contribution < -0.4 is 25.2 Å². The second kappa shape index (κ2) is 12.6. The van der Waals surface area contributed by atoms with Gasteiger partial charge in [0.2, 0.25) is 17.7 Å². The van der Waals surface area contributed by atoms with Gasteiger partial charge >= 0.3 is 18.0 Å². The lowest BCUT2D eigenvalue weighted by Crippen LogP contribution is -2.36. The summed E-state index contributed by atoms with van der Waals surface area (Å²) < 4.78 is 36.9. The number of pyridine rings is 1. The standard InChI is InChI=1S/C12H14N6O7S.C6H3Cl3N2O2/c1-18-9(6(5-13-18)10(19)20)26(22,23)17-12(21)16-11-14-7(24-2)4-8(15-11)25-3;7-1-3(10)2(8)5(9)11-4(1)6(12)13/h4-5H,1-3H3,(H,19,20)(H2,14,15,16,17,21);(H2,10,11)(H,12,13). The summed E-state index contributed by atoms with van der Waals surface area (Å²) in [5.74, 6) is -2.99. The summed E-state index contributed by atoms with van der Waals surface area (Å²) in [5, 5.41) is 22.2. The van der Waals surface area contributed by atoms with E-state index in [1.807, 2.05) is 0 Å². The molecule has 0 bridgehead atoms. The summed E-state index contributed by atoms with van der Waals surface area (Å²) in [6, 6.07) is 0.118. The molecule has 2 amide bonds. The van der Waals surface area contributed by atoms with Crippen molar-refractivity contribution >= 4 is 74.4 Å². The van der Waals surface area contributed by atoms with Crippen molar-refractivity contribution in [2.45, 2.75) is 5.03 Å². The SMILES string of the molecule is COc1cc(OC)nc(NC(=O)NS(=O)(=O)c2c(C(=O)O)cnn2C)n1.Nc1c(Cl)c(Cl)nc(C(=O)O)c1Cl. The highest BCUT2D eigenvalue weighted by Gasteiger charge is 2.29. The predicted octanol–water partition coefficient (Wildman–Crippen LogP) is 1.76. The van der Waals surface area contributed by atoms with E-state index in [9.17, 15) is 22.8 Å². The number of nitrogens with two attached hydrogens (primary N) is 1. The Balaban J connectivity index is 0.000000344. The maximum absolute atomic E-state index is 12.3. The average Bonchev–Trinajstić information content (AvgIpc) is 3.27. The highest BCUT2D eigenvalue weighted by molar-refractivity contribution is 7.90. The van der Waals surface area contributed by atoms with E-state index >= 15 is 0 Å². The smallest absolute Gasteiger partial charge is 0.356 e. The number of aromatic nitrogens is 5. The van der Waals surface area contributed by atoms with Crippen LogP contribution in [0.1, 0.15) is 20.8 Å². The van der Waals surface area contributed by atoms with Crippen molar-refractivity contribution in [3.8, 4) is 11.8 Å². The van der Waals surface area contributed by atoms with Crippen LogP contribution in [0.4, 0.5) is 16.4 Å². The Morgan fingerprint density at radius 2 is 1.56 bits per heavy atom. The van der Waals surface area contributed by atoms with Gasteiger partial charge in [-0.15, -0.1) is 0 Å². The number of carbonyl (C=O) groups excluding carboxylic acids is 1. The number of sulfonamides is 1. The van der Waals surface area contributed by atoms with Gasteiger partial charge in [0, 0.05) is 7.05 Å². The largest absolute Gasteiger partial charge is 0.481 e. The van der Waals surface area contributed by atoms with Crippen LogP contribution >= 0.6 is 34.8 Å². The zero-order valence-electron chi connectivity index (χ0n) is 19.8. The molecular formula is C18H17Cl3N8O9S. The van der Waals surface area contributed by atoms with Gasteiger partial charge in [0.25, 0.3) is 10.0 Å². The molecule has 0 aliphatic rings. The van der Waals surface area contributed by atoms with Crippen LogP contribution in [0.25, 0.3) is 0 Å². The molecule has 0 saturated carbocycles. The monoisotopic (exact) mass is 626 g/mol. The average molecular weight is 628 g/mol. The molecule has 0 aromatic carbocycles. The molecule has 3 aromatic heterocycles. The number of nitrogens with one attached hydrogen (secondary N) is 2. The molecule has 21 heteroatoms. The third-order valence-electron chi connectivity index (χ3n) is 4.19. The first-order valence-electron chi connectivity index (χ1n) is 9.72. The molecule has 0 spiro atoms.